The number of nitrogens with zero attached hydrogens (tertiary/aromatic N) is 3. The van der Waals surface area contributed by atoms with Crippen LogP contribution < -0.4 is 5.32 Å². The summed E-state index contributed by atoms with van der Waals surface area (Å²) in [7, 11) is 0. The number of carbonyl (C=O) groups excluding carboxylic acids is 2. The van der Waals surface area contributed by atoms with E-state index < -0.39 is 6.23 Å². The lowest BCUT2D eigenvalue weighted by Crippen LogP contribution is -2.58. The van der Waals surface area contributed by atoms with Crippen LogP contribution in [0.5, 0.6) is 0 Å². The van der Waals surface area contributed by atoms with E-state index >= 15 is 0 Å². The Morgan fingerprint density at radius 1 is 1.26 bits per heavy atom. The smallest absolute Gasteiger partial charge is 0.256 e. The first-order valence-electron chi connectivity index (χ1n) is 6.25. The Morgan fingerprint density at radius 2 is 2.05 bits per heavy atom. The second kappa shape index (κ2) is 4.58. The summed E-state index contributed by atoms with van der Waals surface area (Å²) in [6.07, 6.45) is 3.55. The second-order valence-electron chi connectivity index (χ2n) is 4.79. The van der Waals surface area contributed by atoms with Gasteiger partial charge in [0.15, 0.2) is 0 Å². The third-order valence-corrected chi connectivity index (χ3v) is 3.67. The van der Waals surface area contributed by atoms with Gasteiger partial charge in [0.2, 0.25) is 5.91 Å². The van der Waals surface area contributed by atoms with E-state index in [0.29, 0.717) is 31.4 Å². The van der Waals surface area contributed by atoms with Gasteiger partial charge in [0.05, 0.1) is 24.0 Å². The summed E-state index contributed by atoms with van der Waals surface area (Å²) in [4.78, 5) is 25.2. The molecule has 0 saturated carbocycles. The third-order valence-electron chi connectivity index (χ3n) is 3.67. The number of amides is 2. The lowest BCUT2D eigenvalue weighted by molar-refractivity contribution is -0.129. The van der Waals surface area contributed by atoms with Crippen LogP contribution in [-0.4, -0.2) is 50.8 Å². The van der Waals surface area contributed by atoms with E-state index in [1.807, 2.05) is 0 Å². The summed E-state index contributed by atoms with van der Waals surface area (Å²) < 4.78 is 0. The molecule has 0 aliphatic carbocycles. The first-order chi connectivity index (χ1) is 9.16. The quantitative estimate of drug-likeness (QED) is 0.682. The molecule has 2 atom stereocenters. The highest BCUT2D eigenvalue weighted by atomic mass is 16.3. The molecule has 0 spiro atoms. The van der Waals surface area contributed by atoms with E-state index in [0.717, 1.165) is 5.56 Å². The van der Waals surface area contributed by atoms with Crippen LogP contribution in [-0.2, 0) is 11.2 Å². The number of carbonyl (C=O) groups is 2. The number of fused-ring (bicyclic) bond motifs is 1. The van der Waals surface area contributed by atoms with E-state index in [1.165, 1.54) is 6.20 Å². The SMILES string of the molecule is O=C1CCC(N2CCc3cnncc3C2=O)C(O)N1. The Bertz CT molecular complexity index is 533. The normalized spacial score (nSPS) is 26.9. The molecule has 1 fully saturated rings. The molecule has 0 aromatic carbocycles. The summed E-state index contributed by atoms with van der Waals surface area (Å²) in [6, 6.07) is -0.369. The highest BCUT2D eigenvalue weighted by molar-refractivity contribution is 5.96. The molecule has 0 radical (unpaired) electrons. The van der Waals surface area contributed by atoms with E-state index in [2.05, 4.69) is 15.5 Å². The van der Waals surface area contributed by atoms with Crippen LogP contribution in [0, 0.1) is 0 Å². The summed E-state index contributed by atoms with van der Waals surface area (Å²) in [5.74, 6) is -0.337. The van der Waals surface area contributed by atoms with Crippen molar-refractivity contribution in [1.29, 1.82) is 0 Å². The number of hydrogen-bond donors (Lipinski definition) is 2. The average molecular weight is 262 g/mol. The topological polar surface area (TPSA) is 95.4 Å². The molecule has 3 heterocycles. The van der Waals surface area contributed by atoms with Gasteiger partial charge in [-0.2, -0.15) is 10.2 Å². The molecule has 1 aromatic rings. The van der Waals surface area contributed by atoms with E-state index in [9.17, 15) is 14.7 Å². The molecule has 1 saturated heterocycles. The number of aliphatic hydroxyl groups is 1. The van der Waals surface area contributed by atoms with Crippen LogP contribution in [0.2, 0.25) is 0 Å². The highest BCUT2D eigenvalue weighted by Crippen LogP contribution is 2.23. The molecular weight excluding hydrogens is 248 g/mol. The van der Waals surface area contributed by atoms with Gasteiger partial charge in [-0.05, 0) is 18.4 Å². The monoisotopic (exact) mass is 262 g/mol. The molecule has 100 valence electrons. The van der Waals surface area contributed by atoms with Crippen molar-refractivity contribution < 1.29 is 14.7 Å². The molecule has 2 aliphatic heterocycles. The third kappa shape index (κ3) is 2.06. The van der Waals surface area contributed by atoms with Crippen LogP contribution in [0.4, 0.5) is 0 Å². The van der Waals surface area contributed by atoms with Gasteiger partial charge in [-0.3, -0.25) is 9.59 Å². The van der Waals surface area contributed by atoms with Crippen molar-refractivity contribution in [2.45, 2.75) is 31.5 Å². The number of aliphatic hydroxyl groups excluding tert-OH is 1. The Morgan fingerprint density at radius 3 is 2.84 bits per heavy atom. The number of nitrogens with one attached hydrogen (secondary N) is 1. The van der Waals surface area contributed by atoms with Gasteiger partial charge in [0, 0.05) is 13.0 Å². The van der Waals surface area contributed by atoms with Gasteiger partial charge in [-0.15, -0.1) is 0 Å². The molecule has 2 N–H and O–H groups in total. The van der Waals surface area contributed by atoms with Crippen LogP contribution in [0.25, 0.3) is 0 Å². The number of aromatic nitrogens is 2. The number of hydrogen-bond acceptors (Lipinski definition) is 5. The van der Waals surface area contributed by atoms with Crippen LogP contribution in [0.1, 0.15) is 28.8 Å². The summed E-state index contributed by atoms with van der Waals surface area (Å²) in [5, 5.41) is 19.9. The van der Waals surface area contributed by atoms with E-state index in [-0.39, 0.29) is 17.9 Å². The molecule has 0 bridgehead atoms. The molecule has 3 rings (SSSR count). The molecular formula is C12H14N4O3. The zero-order chi connectivity index (χ0) is 13.4. The Labute approximate surface area is 109 Å². The zero-order valence-corrected chi connectivity index (χ0v) is 10.2. The maximum atomic E-state index is 12.4. The molecule has 7 nitrogen and oxygen atoms in total. The lowest BCUT2D eigenvalue weighted by atomic mass is 9.97. The van der Waals surface area contributed by atoms with Crippen molar-refractivity contribution >= 4 is 11.8 Å². The van der Waals surface area contributed by atoms with Gasteiger partial charge in [0.1, 0.15) is 6.23 Å². The molecule has 2 amide bonds. The van der Waals surface area contributed by atoms with Gasteiger partial charge in [0.25, 0.3) is 5.91 Å². The van der Waals surface area contributed by atoms with Crippen LogP contribution in [0.15, 0.2) is 12.4 Å². The average Bonchev–Trinajstić information content (AvgIpc) is 2.41. The molecule has 1 aromatic heterocycles. The second-order valence-corrected chi connectivity index (χ2v) is 4.79. The van der Waals surface area contributed by atoms with E-state index in [1.54, 1.807) is 11.1 Å². The minimum atomic E-state index is -0.999. The van der Waals surface area contributed by atoms with Crippen molar-refractivity contribution in [3.8, 4) is 0 Å². The zero-order valence-electron chi connectivity index (χ0n) is 10.2. The summed E-state index contributed by atoms with van der Waals surface area (Å²) in [5.41, 5.74) is 1.41. The first kappa shape index (κ1) is 12.0. The molecule has 2 aliphatic rings. The van der Waals surface area contributed by atoms with Crippen molar-refractivity contribution in [2.75, 3.05) is 6.54 Å². The summed E-state index contributed by atoms with van der Waals surface area (Å²) >= 11 is 0. The molecule has 7 heteroatoms. The number of piperidine rings is 1. The fourth-order valence-electron chi connectivity index (χ4n) is 2.65. The van der Waals surface area contributed by atoms with Crippen LogP contribution in [0.3, 0.4) is 0 Å². The van der Waals surface area contributed by atoms with Crippen molar-refractivity contribution in [1.82, 2.24) is 20.4 Å². The van der Waals surface area contributed by atoms with Crippen molar-refractivity contribution in [3.05, 3.63) is 23.5 Å². The van der Waals surface area contributed by atoms with Gasteiger partial charge in [-0.25, -0.2) is 0 Å². The fourth-order valence-corrected chi connectivity index (χ4v) is 2.65. The summed E-state index contributed by atoms with van der Waals surface area (Å²) in [6.45, 7) is 0.523. The Balaban J connectivity index is 1.84. The Kier molecular flexibility index (Phi) is 2.90. The standard InChI is InChI=1S/C12H14N4O3/c17-10-2-1-9(11(18)15-10)16-4-3-7-5-13-14-6-8(7)12(16)19/h5-6,9,11,18H,1-4H2,(H,15,17). The Hall–Kier alpha value is -2.02. The predicted octanol–water partition coefficient (Wildman–Crippen LogP) is -0.928. The van der Waals surface area contributed by atoms with Crippen molar-refractivity contribution in [2.24, 2.45) is 0 Å². The maximum Gasteiger partial charge on any atom is 0.256 e. The molecule has 19 heavy (non-hydrogen) atoms. The minimum absolute atomic E-state index is 0.156. The van der Waals surface area contributed by atoms with Gasteiger partial charge in [-0.1, -0.05) is 0 Å². The van der Waals surface area contributed by atoms with Crippen LogP contribution >= 0.6 is 0 Å². The molecule has 2 unspecified atom stereocenters. The van der Waals surface area contributed by atoms with E-state index in [4.69, 9.17) is 0 Å². The van der Waals surface area contributed by atoms with Crippen molar-refractivity contribution in [3.63, 3.8) is 0 Å². The fraction of sp³-hybridized carbons (Fsp3) is 0.500. The maximum absolute atomic E-state index is 12.4. The lowest BCUT2D eigenvalue weighted by Gasteiger charge is -2.39. The van der Waals surface area contributed by atoms with Gasteiger partial charge >= 0.3 is 0 Å². The minimum Gasteiger partial charge on any atom is -0.372 e. The predicted molar refractivity (Wildman–Crippen MR) is 63.9 cm³/mol. The largest absolute Gasteiger partial charge is 0.372 e. The van der Waals surface area contributed by atoms with Gasteiger partial charge < -0.3 is 15.3 Å². The number of rotatable bonds is 1. The first-order valence-corrected chi connectivity index (χ1v) is 6.25. The highest BCUT2D eigenvalue weighted by Gasteiger charge is 2.37.